The molecule has 58 heavy (non-hydrogen) atoms. The smallest absolute Gasteiger partial charge is 0.306 e. The van der Waals surface area contributed by atoms with Crippen molar-refractivity contribution < 1.29 is 24.5 Å². The Bertz CT molecular complexity index is 1180. The van der Waals surface area contributed by atoms with Crippen LogP contribution < -0.4 is 5.32 Å². The summed E-state index contributed by atoms with van der Waals surface area (Å²) >= 11 is 0. The second kappa shape index (κ2) is 44.9. The van der Waals surface area contributed by atoms with E-state index in [1.54, 1.807) is 6.08 Å². The third-order valence-corrected chi connectivity index (χ3v) is 9.97. The topological polar surface area (TPSA) is 95.9 Å². The molecule has 0 spiro atoms. The summed E-state index contributed by atoms with van der Waals surface area (Å²) in [6.45, 7) is 6.16. The van der Waals surface area contributed by atoms with E-state index in [1.807, 2.05) is 6.08 Å². The van der Waals surface area contributed by atoms with Crippen LogP contribution in [0.1, 0.15) is 194 Å². The molecule has 3 N–H and O–H groups in total. The lowest BCUT2D eigenvalue weighted by Crippen LogP contribution is -2.46. The van der Waals surface area contributed by atoms with Crippen molar-refractivity contribution >= 4 is 11.9 Å². The van der Waals surface area contributed by atoms with Gasteiger partial charge in [-0.15, -0.1) is 0 Å². The van der Waals surface area contributed by atoms with Crippen molar-refractivity contribution in [3.05, 3.63) is 97.2 Å². The SMILES string of the molecule is CC/C=C/C=C/C=C/CCCCCCCCCC(=O)OC(/C=C/C/C=C/C/C=C/C/C=C/C/C=C/CC)CC(=O)NC(CO)C(O)CCCCCCCCCCCC. The van der Waals surface area contributed by atoms with Gasteiger partial charge in [0.25, 0.3) is 0 Å². The van der Waals surface area contributed by atoms with Gasteiger partial charge in [0.15, 0.2) is 0 Å². The molecule has 0 rings (SSSR count). The lowest BCUT2D eigenvalue weighted by atomic mass is 10.0. The number of allylic oxidation sites excluding steroid dienone is 15. The summed E-state index contributed by atoms with van der Waals surface area (Å²) in [5, 5.41) is 23.6. The number of hydrogen-bond donors (Lipinski definition) is 3. The number of carbonyl (C=O) groups is 2. The van der Waals surface area contributed by atoms with Crippen LogP contribution in [0.4, 0.5) is 0 Å². The quantitative estimate of drug-likeness (QED) is 0.0248. The van der Waals surface area contributed by atoms with Gasteiger partial charge in [0, 0.05) is 6.42 Å². The Morgan fingerprint density at radius 3 is 1.59 bits per heavy atom. The Kier molecular flexibility index (Phi) is 42.4. The van der Waals surface area contributed by atoms with Crippen LogP contribution in [0.15, 0.2) is 97.2 Å². The molecule has 0 aliphatic heterocycles. The molecule has 0 aromatic heterocycles. The van der Waals surface area contributed by atoms with Gasteiger partial charge in [-0.05, 0) is 70.3 Å². The van der Waals surface area contributed by atoms with E-state index in [4.69, 9.17) is 4.74 Å². The van der Waals surface area contributed by atoms with E-state index in [1.165, 1.54) is 70.6 Å². The zero-order valence-corrected chi connectivity index (χ0v) is 37.4. The molecule has 0 fully saturated rings. The fourth-order valence-corrected chi connectivity index (χ4v) is 6.45. The summed E-state index contributed by atoms with van der Waals surface area (Å²) < 4.78 is 5.80. The Morgan fingerprint density at radius 2 is 1.03 bits per heavy atom. The van der Waals surface area contributed by atoms with Crippen molar-refractivity contribution in [1.29, 1.82) is 0 Å². The van der Waals surface area contributed by atoms with E-state index in [0.29, 0.717) is 19.3 Å². The number of amides is 1. The van der Waals surface area contributed by atoms with Crippen LogP contribution in [0.5, 0.6) is 0 Å². The molecule has 6 nitrogen and oxygen atoms in total. The van der Waals surface area contributed by atoms with Gasteiger partial charge in [-0.3, -0.25) is 9.59 Å². The number of hydrogen-bond acceptors (Lipinski definition) is 5. The summed E-state index contributed by atoms with van der Waals surface area (Å²) in [6.07, 6.45) is 59.2. The average molecular weight is 806 g/mol. The van der Waals surface area contributed by atoms with E-state index in [0.717, 1.165) is 77.0 Å². The molecule has 0 aromatic rings. The molecular formula is C52H87NO5. The second-order valence-corrected chi connectivity index (χ2v) is 15.5. The van der Waals surface area contributed by atoms with Gasteiger partial charge in [-0.25, -0.2) is 0 Å². The molecule has 3 unspecified atom stereocenters. The van der Waals surface area contributed by atoms with Crippen LogP contribution in [0.3, 0.4) is 0 Å². The molecule has 0 bridgehead atoms. The summed E-state index contributed by atoms with van der Waals surface area (Å²) in [6, 6.07) is -0.748. The van der Waals surface area contributed by atoms with Gasteiger partial charge in [0.05, 0.1) is 25.2 Å². The van der Waals surface area contributed by atoms with Crippen molar-refractivity contribution in [3.8, 4) is 0 Å². The molecule has 0 heterocycles. The predicted octanol–water partition coefficient (Wildman–Crippen LogP) is 13.8. The number of esters is 1. The largest absolute Gasteiger partial charge is 0.458 e. The third kappa shape index (κ3) is 39.6. The maximum Gasteiger partial charge on any atom is 0.306 e. The number of aliphatic hydroxyl groups is 2. The molecule has 0 aliphatic carbocycles. The summed E-state index contributed by atoms with van der Waals surface area (Å²) in [5.41, 5.74) is 0. The molecule has 0 aromatic carbocycles. The van der Waals surface area contributed by atoms with E-state index >= 15 is 0 Å². The highest BCUT2D eigenvalue weighted by molar-refractivity contribution is 5.78. The molecule has 0 saturated carbocycles. The Morgan fingerprint density at radius 1 is 0.552 bits per heavy atom. The highest BCUT2D eigenvalue weighted by atomic mass is 16.5. The van der Waals surface area contributed by atoms with E-state index in [9.17, 15) is 19.8 Å². The van der Waals surface area contributed by atoms with Crippen LogP contribution in [0.25, 0.3) is 0 Å². The molecule has 1 amide bonds. The van der Waals surface area contributed by atoms with Crippen molar-refractivity contribution in [1.82, 2.24) is 5.32 Å². The molecule has 3 atom stereocenters. The minimum absolute atomic E-state index is 0.0562. The number of aliphatic hydroxyl groups excluding tert-OH is 2. The molecule has 330 valence electrons. The first-order chi connectivity index (χ1) is 28.5. The fourth-order valence-electron chi connectivity index (χ4n) is 6.45. The van der Waals surface area contributed by atoms with E-state index in [2.05, 4.69) is 111 Å². The average Bonchev–Trinajstić information content (AvgIpc) is 3.22. The molecule has 6 heteroatoms. The summed E-state index contributed by atoms with van der Waals surface area (Å²) in [5.74, 6) is -0.653. The Labute approximate surface area is 356 Å². The highest BCUT2D eigenvalue weighted by Crippen LogP contribution is 2.15. The number of nitrogens with one attached hydrogen (secondary N) is 1. The zero-order chi connectivity index (χ0) is 42.4. The monoisotopic (exact) mass is 806 g/mol. The van der Waals surface area contributed by atoms with Gasteiger partial charge in [-0.2, -0.15) is 0 Å². The first kappa shape index (κ1) is 54.8. The Hall–Kier alpha value is -3.22. The number of carbonyl (C=O) groups excluding carboxylic acids is 2. The third-order valence-electron chi connectivity index (χ3n) is 9.97. The molecule has 0 saturated heterocycles. The van der Waals surface area contributed by atoms with Gasteiger partial charge in [0.1, 0.15) is 6.10 Å². The maximum absolute atomic E-state index is 13.1. The number of ether oxygens (including phenoxy) is 1. The normalized spacial score (nSPS) is 14.2. The lowest BCUT2D eigenvalue weighted by Gasteiger charge is -2.23. The van der Waals surface area contributed by atoms with Crippen molar-refractivity contribution in [3.63, 3.8) is 0 Å². The molecule has 0 aliphatic rings. The second-order valence-electron chi connectivity index (χ2n) is 15.5. The van der Waals surface area contributed by atoms with Crippen LogP contribution in [0, 0.1) is 0 Å². The highest BCUT2D eigenvalue weighted by Gasteiger charge is 2.23. The van der Waals surface area contributed by atoms with Gasteiger partial charge in [0.2, 0.25) is 5.91 Å². The predicted molar refractivity (Wildman–Crippen MR) is 250 cm³/mol. The van der Waals surface area contributed by atoms with Crippen molar-refractivity contribution in [2.75, 3.05) is 6.61 Å². The van der Waals surface area contributed by atoms with Crippen molar-refractivity contribution in [2.24, 2.45) is 0 Å². The van der Waals surface area contributed by atoms with E-state index in [-0.39, 0.29) is 24.9 Å². The van der Waals surface area contributed by atoms with Crippen LogP contribution in [0.2, 0.25) is 0 Å². The lowest BCUT2D eigenvalue weighted by molar-refractivity contribution is -0.148. The van der Waals surface area contributed by atoms with Gasteiger partial charge in [-0.1, -0.05) is 208 Å². The standard InChI is InChI=1S/C52H87NO5/c1-4-7-10-13-16-19-22-24-26-28-30-33-36-39-42-45-52(57)58-48(43-40-37-34-31-29-27-25-23-20-17-14-11-8-5-2)46-51(56)53-49(47-54)50(55)44-41-38-35-32-21-18-15-12-9-6-3/h7-8,10-11,13,16-17,19-20,22,25,27,31,34,40,43,48-50,54-55H,4-6,9,12,14-15,18,21,23-24,26,28-30,32-33,35-39,41-42,44-47H2,1-3H3,(H,53,56)/b10-7+,11-8+,16-13+,20-17+,22-19+,27-25+,34-31+,43-40+. The number of unbranched alkanes of at least 4 members (excludes halogenated alkanes) is 16. The van der Waals surface area contributed by atoms with Crippen LogP contribution in [-0.4, -0.2) is 46.9 Å². The molecular weight excluding hydrogens is 719 g/mol. The first-order valence-electron chi connectivity index (χ1n) is 23.5. The van der Waals surface area contributed by atoms with Crippen LogP contribution >= 0.6 is 0 Å². The van der Waals surface area contributed by atoms with E-state index < -0.39 is 18.2 Å². The van der Waals surface area contributed by atoms with Crippen molar-refractivity contribution in [2.45, 2.75) is 212 Å². The summed E-state index contributed by atoms with van der Waals surface area (Å²) in [4.78, 5) is 26.0. The maximum atomic E-state index is 13.1. The minimum atomic E-state index is -0.824. The first-order valence-corrected chi connectivity index (χ1v) is 23.5. The van der Waals surface area contributed by atoms with Crippen LogP contribution in [-0.2, 0) is 14.3 Å². The minimum Gasteiger partial charge on any atom is -0.458 e. The zero-order valence-electron chi connectivity index (χ0n) is 37.4. The van der Waals surface area contributed by atoms with Gasteiger partial charge >= 0.3 is 5.97 Å². The molecule has 0 radical (unpaired) electrons. The van der Waals surface area contributed by atoms with Gasteiger partial charge < -0.3 is 20.3 Å². The fraction of sp³-hybridized carbons (Fsp3) is 0.654. The number of rotatable bonds is 40. The Balaban J connectivity index is 4.80. The summed E-state index contributed by atoms with van der Waals surface area (Å²) in [7, 11) is 0.